The van der Waals surface area contributed by atoms with Crippen LogP contribution in [0.4, 0.5) is 0 Å². The van der Waals surface area contributed by atoms with Gasteiger partial charge < -0.3 is 14.0 Å². The number of ether oxygens (including phenoxy) is 2. The lowest BCUT2D eigenvalue weighted by molar-refractivity contribution is 0.302. The molecule has 0 radical (unpaired) electrons. The average molecular weight is 427 g/mol. The summed E-state index contributed by atoms with van der Waals surface area (Å²) in [6.07, 6.45) is 0.824. The second kappa shape index (κ2) is 8.76. The van der Waals surface area contributed by atoms with Crippen LogP contribution in [-0.4, -0.2) is 23.3 Å². The molecular weight excluding hydrogens is 407 g/mol. The quantitative estimate of drug-likeness (QED) is 0.317. The van der Waals surface area contributed by atoms with Gasteiger partial charge >= 0.3 is 0 Å². The summed E-state index contributed by atoms with van der Waals surface area (Å²) in [7, 11) is 1.65. The number of methoxy groups -OCH3 is 1. The standard InChI is InChI=1S/C23H20Cl2N2O2/c1-28-17-8-10-18(11-9-17)29-14-4-13-27-22-6-3-2-5-21(22)26-23(27)19-12-7-16(24)15-20(19)25/h2-3,5-12,15H,4,13-14H2,1H3. The second-order valence-electron chi connectivity index (χ2n) is 6.58. The molecule has 4 aromatic rings. The fourth-order valence-corrected chi connectivity index (χ4v) is 3.76. The number of hydrogen-bond donors (Lipinski definition) is 0. The van der Waals surface area contributed by atoms with Crippen LogP contribution in [0, 0.1) is 0 Å². The molecule has 29 heavy (non-hydrogen) atoms. The molecule has 3 aromatic carbocycles. The van der Waals surface area contributed by atoms with Crippen LogP contribution in [-0.2, 0) is 6.54 Å². The Morgan fingerprint density at radius 1 is 0.931 bits per heavy atom. The topological polar surface area (TPSA) is 36.3 Å². The van der Waals surface area contributed by atoms with E-state index >= 15 is 0 Å². The molecule has 0 saturated heterocycles. The summed E-state index contributed by atoms with van der Waals surface area (Å²) in [6.45, 7) is 1.34. The van der Waals surface area contributed by atoms with Crippen molar-refractivity contribution in [3.05, 3.63) is 76.8 Å². The Labute approximate surface area is 179 Å². The van der Waals surface area contributed by atoms with Crippen LogP contribution in [0.3, 0.4) is 0 Å². The third kappa shape index (κ3) is 4.34. The van der Waals surface area contributed by atoms with E-state index in [1.54, 1.807) is 13.2 Å². The zero-order valence-electron chi connectivity index (χ0n) is 15.9. The predicted octanol–water partition coefficient (Wildman–Crippen LogP) is 6.49. The van der Waals surface area contributed by atoms with E-state index < -0.39 is 0 Å². The van der Waals surface area contributed by atoms with Crippen LogP contribution >= 0.6 is 23.2 Å². The number of halogens is 2. The molecule has 0 aliphatic heterocycles. The summed E-state index contributed by atoms with van der Waals surface area (Å²) in [6, 6.07) is 21.2. The van der Waals surface area contributed by atoms with Crippen LogP contribution in [0.2, 0.25) is 10.0 Å². The van der Waals surface area contributed by atoms with E-state index in [-0.39, 0.29) is 0 Å². The van der Waals surface area contributed by atoms with E-state index in [9.17, 15) is 0 Å². The first-order valence-corrected chi connectivity index (χ1v) is 10.1. The smallest absolute Gasteiger partial charge is 0.142 e. The van der Waals surface area contributed by atoms with Crippen LogP contribution in [0.25, 0.3) is 22.4 Å². The molecule has 0 aliphatic carbocycles. The molecular formula is C23H20Cl2N2O2. The minimum Gasteiger partial charge on any atom is -0.497 e. The molecule has 6 heteroatoms. The van der Waals surface area contributed by atoms with E-state index in [4.69, 9.17) is 37.7 Å². The van der Waals surface area contributed by atoms with Crippen molar-refractivity contribution in [3.63, 3.8) is 0 Å². The Kier molecular flexibility index (Phi) is 5.93. The van der Waals surface area contributed by atoms with Gasteiger partial charge in [-0.1, -0.05) is 35.3 Å². The summed E-state index contributed by atoms with van der Waals surface area (Å²) in [5.41, 5.74) is 2.87. The van der Waals surface area contributed by atoms with Crippen LogP contribution < -0.4 is 9.47 Å². The number of imidazole rings is 1. The molecule has 0 spiro atoms. The molecule has 4 rings (SSSR count). The summed E-state index contributed by atoms with van der Waals surface area (Å²) >= 11 is 12.5. The third-order valence-electron chi connectivity index (χ3n) is 4.68. The van der Waals surface area contributed by atoms with Gasteiger partial charge in [0.15, 0.2) is 0 Å². The highest BCUT2D eigenvalue weighted by Crippen LogP contribution is 2.32. The van der Waals surface area contributed by atoms with Crippen molar-refractivity contribution in [3.8, 4) is 22.9 Å². The Balaban J connectivity index is 1.54. The van der Waals surface area contributed by atoms with Crippen molar-refractivity contribution in [2.45, 2.75) is 13.0 Å². The molecule has 0 unspecified atom stereocenters. The first-order chi connectivity index (χ1) is 14.2. The van der Waals surface area contributed by atoms with Crippen molar-refractivity contribution < 1.29 is 9.47 Å². The zero-order chi connectivity index (χ0) is 20.2. The van der Waals surface area contributed by atoms with E-state index in [1.807, 2.05) is 54.6 Å². The molecule has 148 valence electrons. The maximum Gasteiger partial charge on any atom is 0.142 e. The maximum atomic E-state index is 6.46. The molecule has 0 N–H and O–H groups in total. The molecule has 0 aliphatic rings. The van der Waals surface area contributed by atoms with Crippen LogP contribution in [0.1, 0.15) is 6.42 Å². The third-order valence-corrected chi connectivity index (χ3v) is 5.23. The van der Waals surface area contributed by atoms with Crippen molar-refractivity contribution in [1.82, 2.24) is 9.55 Å². The predicted molar refractivity (Wildman–Crippen MR) is 118 cm³/mol. The summed E-state index contributed by atoms with van der Waals surface area (Å²) in [5, 5.41) is 1.19. The van der Waals surface area contributed by atoms with E-state index in [0.29, 0.717) is 16.7 Å². The fourth-order valence-electron chi connectivity index (χ4n) is 3.26. The minimum atomic E-state index is 0.587. The van der Waals surface area contributed by atoms with Crippen molar-refractivity contribution in [2.75, 3.05) is 13.7 Å². The number of fused-ring (bicyclic) bond motifs is 1. The van der Waals surface area contributed by atoms with Gasteiger partial charge in [0.1, 0.15) is 17.3 Å². The molecule has 4 nitrogen and oxygen atoms in total. The average Bonchev–Trinajstić information content (AvgIpc) is 3.10. The molecule has 0 atom stereocenters. The van der Waals surface area contributed by atoms with Gasteiger partial charge in [-0.2, -0.15) is 0 Å². The maximum absolute atomic E-state index is 6.46. The van der Waals surface area contributed by atoms with Gasteiger partial charge in [0.25, 0.3) is 0 Å². The Hall–Kier alpha value is -2.69. The molecule has 1 heterocycles. The molecule has 1 aromatic heterocycles. The Bertz CT molecular complexity index is 1120. The fraction of sp³-hybridized carbons (Fsp3) is 0.174. The number of aromatic nitrogens is 2. The van der Waals surface area contributed by atoms with E-state index in [0.717, 1.165) is 46.9 Å². The largest absolute Gasteiger partial charge is 0.497 e. The normalized spacial score (nSPS) is 11.0. The number of aryl methyl sites for hydroxylation is 1. The zero-order valence-corrected chi connectivity index (χ0v) is 17.5. The van der Waals surface area contributed by atoms with Crippen molar-refractivity contribution in [1.29, 1.82) is 0 Å². The molecule has 0 saturated carbocycles. The minimum absolute atomic E-state index is 0.587. The second-order valence-corrected chi connectivity index (χ2v) is 7.42. The Morgan fingerprint density at radius 2 is 1.69 bits per heavy atom. The number of nitrogens with zero attached hydrogens (tertiary/aromatic N) is 2. The number of para-hydroxylation sites is 2. The van der Waals surface area contributed by atoms with Gasteiger partial charge in [0.2, 0.25) is 0 Å². The van der Waals surface area contributed by atoms with Crippen LogP contribution in [0.5, 0.6) is 11.5 Å². The van der Waals surface area contributed by atoms with Gasteiger partial charge in [0.05, 0.1) is 29.8 Å². The van der Waals surface area contributed by atoms with Gasteiger partial charge in [-0.25, -0.2) is 4.98 Å². The number of hydrogen-bond acceptors (Lipinski definition) is 3. The van der Waals surface area contributed by atoms with Crippen molar-refractivity contribution in [2.24, 2.45) is 0 Å². The molecule has 0 fully saturated rings. The monoisotopic (exact) mass is 426 g/mol. The Morgan fingerprint density at radius 3 is 2.45 bits per heavy atom. The number of benzene rings is 3. The first-order valence-electron chi connectivity index (χ1n) is 9.33. The highest BCUT2D eigenvalue weighted by atomic mass is 35.5. The highest BCUT2D eigenvalue weighted by molar-refractivity contribution is 6.36. The number of rotatable bonds is 7. The first kappa shape index (κ1) is 19.6. The lowest BCUT2D eigenvalue weighted by atomic mass is 10.2. The van der Waals surface area contributed by atoms with E-state index in [1.165, 1.54) is 0 Å². The van der Waals surface area contributed by atoms with Gasteiger partial charge in [-0.3, -0.25) is 0 Å². The highest BCUT2D eigenvalue weighted by Gasteiger charge is 2.15. The van der Waals surface area contributed by atoms with Crippen LogP contribution in [0.15, 0.2) is 66.7 Å². The lowest BCUT2D eigenvalue weighted by Gasteiger charge is -2.12. The molecule has 0 bridgehead atoms. The van der Waals surface area contributed by atoms with Gasteiger partial charge in [0, 0.05) is 17.1 Å². The van der Waals surface area contributed by atoms with Gasteiger partial charge in [-0.15, -0.1) is 0 Å². The summed E-state index contributed by atoms with van der Waals surface area (Å²) < 4.78 is 13.2. The summed E-state index contributed by atoms with van der Waals surface area (Å²) in [5.74, 6) is 2.46. The molecule has 0 amide bonds. The lowest BCUT2D eigenvalue weighted by Crippen LogP contribution is -2.06. The SMILES string of the molecule is COc1ccc(OCCCn2c(-c3ccc(Cl)cc3Cl)nc3ccccc32)cc1. The van der Waals surface area contributed by atoms with Crippen molar-refractivity contribution >= 4 is 34.2 Å². The van der Waals surface area contributed by atoms with Gasteiger partial charge in [-0.05, 0) is 61.0 Å². The van der Waals surface area contributed by atoms with E-state index in [2.05, 4.69) is 10.6 Å². The summed E-state index contributed by atoms with van der Waals surface area (Å²) in [4.78, 5) is 4.81.